The molecule has 102 valence electrons. The molecule has 0 radical (unpaired) electrons. The fourth-order valence-electron chi connectivity index (χ4n) is 2.72. The summed E-state index contributed by atoms with van der Waals surface area (Å²) in [6.45, 7) is 7.24. The third-order valence-electron chi connectivity index (χ3n) is 3.69. The van der Waals surface area contributed by atoms with Crippen molar-refractivity contribution in [2.45, 2.75) is 32.2 Å². The summed E-state index contributed by atoms with van der Waals surface area (Å²) in [5.74, 6) is 0.0643. The van der Waals surface area contributed by atoms with Gasteiger partial charge in [-0.1, -0.05) is 36.4 Å². The number of rotatable bonds is 4. The number of carbonyl (C=O) groups is 1. The fraction of sp³-hybridized carbons (Fsp3) is 0.438. The van der Waals surface area contributed by atoms with Crippen LogP contribution in [0.5, 0.6) is 0 Å². The van der Waals surface area contributed by atoms with Crippen molar-refractivity contribution in [1.29, 1.82) is 0 Å². The Morgan fingerprint density at radius 2 is 2.32 bits per heavy atom. The van der Waals surface area contributed by atoms with Gasteiger partial charge in [0.15, 0.2) is 0 Å². The van der Waals surface area contributed by atoms with E-state index >= 15 is 0 Å². The van der Waals surface area contributed by atoms with Gasteiger partial charge in [0.05, 0.1) is 6.04 Å². The van der Waals surface area contributed by atoms with Gasteiger partial charge in [-0.15, -0.1) is 0 Å². The number of carbonyl (C=O) groups excluding carboxylic acids is 1. The van der Waals surface area contributed by atoms with Crippen LogP contribution in [0, 0.1) is 6.92 Å². The van der Waals surface area contributed by atoms with Crippen molar-refractivity contribution in [2.75, 3.05) is 13.1 Å². The van der Waals surface area contributed by atoms with Crippen molar-refractivity contribution >= 4 is 5.91 Å². The van der Waals surface area contributed by atoms with E-state index in [9.17, 15) is 4.79 Å². The van der Waals surface area contributed by atoms with Crippen molar-refractivity contribution in [3.8, 4) is 0 Å². The Morgan fingerprint density at radius 3 is 3.00 bits per heavy atom. The molecule has 1 aliphatic rings. The van der Waals surface area contributed by atoms with Gasteiger partial charge < -0.3 is 10.6 Å². The van der Waals surface area contributed by atoms with E-state index in [1.54, 1.807) is 0 Å². The average Bonchev–Trinajstić information content (AvgIpc) is 2.87. The smallest absolute Gasteiger partial charge is 0.249 e. The number of nitrogens with two attached hydrogens (primary N) is 1. The van der Waals surface area contributed by atoms with Crippen molar-refractivity contribution in [1.82, 2.24) is 4.90 Å². The molecule has 0 spiro atoms. The summed E-state index contributed by atoms with van der Waals surface area (Å²) in [5.41, 5.74) is 8.59. The maximum absolute atomic E-state index is 12.4. The van der Waals surface area contributed by atoms with Crippen LogP contribution in [-0.4, -0.2) is 23.9 Å². The zero-order chi connectivity index (χ0) is 13.8. The molecule has 0 aliphatic carbocycles. The molecule has 19 heavy (non-hydrogen) atoms. The molecule has 0 aromatic heterocycles. The number of benzene rings is 1. The molecule has 1 aromatic carbocycles. The summed E-state index contributed by atoms with van der Waals surface area (Å²) >= 11 is 0. The predicted octanol–water partition coefficient (Wildman–Crippen LogP) is 2.56. The highest BCUT2D eigenvalue weighted by molar-refractivity contribution is 5.93. The first-order valence-corrected chi connectivity index (χ1v) is 6.89. The summed E-state index contributed by atoms with van der Waals surface area (Å²) in [7, 11) is 0. The molecule has 2 rings (SSSR count). The van der Waals surface area contributed by atoms with Crippen LogP contribution >= 0.6 is 0 Å². The highest BCUT2D eigenvalue weighted by atomic mass is 16.2. The van der Waals surface area contributed by atoms with Gasteiger partial charge in [0.25, 0.3) is 0 Å². The molecular weight excluding hydrogens is 236 g/mol. The van der Waals surface area contributed by atoms with Crippen LogP contribution in [0.25, 0.3) is 0 Å². The third-order valence-corrected chi connectivity index (χ3v) is 3.69. The lowest BCUT2D eigenvalue weighted by molar-refractivity contribution is -0.128. The summed E-state index contributed by atoms with van der Waals surface area (Å²) in [6.07, 6.45) is 2.67. The van der Waals surface area contributed by atoms with Gasteiger partial charge >= 0.3 is 0 Å². The first-order chi connectivity index (χ1) is 9.13. The van der Waals surface area contributed by atoms with Gasteiger partial charge in [-0.05, 0) is 38.3 Å². The minimum absolute atomic E-state index is 0.0643. The number of amides is 1. The first kappa shape index (κ1) is 13.8. The summed E-state index contributed by atoms with van der Waals surface area (Å²) in [6, 6.07) is 8.61. The number of hydrogen-bond acceptors (Lipinski definition) is 2. The second-order valence-electron chi connectivity index (χ2n) is 5.21. The molecule has 3 heteroatoms. The Balaban J connectivity index is 2.17. The van der Waals surface area contributed by atoms with Crippen molar-refractivity contribution < 1.29 is 4.79 Å². The van der Waals surface area contributed by atoms with Crippen LogP contribution in [0.15, 0.2) is 36.4 Å². The fourth-order valence-corrected chi connectivity index (χ4v) is 2.72. The number of aryl methyl sites for hydroxylation is 1. The van der Waals surface area contributed by atoms with Crippen LogP contribution in [-0.2, 0) is 4.79 Å². The Kier molecular flexibility index (Phi) is 4.38. The van der Waals surface area contributed by atoms with Crippen molar-refractivity contribution in [2.24, 2.45) is 5.73 Å². The summed E-state index contributed by atoms with van der Waals surface area (Å²) < 4.78 is 0. The summed E-state index contributed by atoms with van der Waals surface area (Å²) in [4.78, 5) is 14.3. The maximum Gasteiger partial charge on any atom is 0.249 e. The number of likely N-dealkylation sites (tertiary alicyclic amines) is 1. The van der Waals surface area contributed by atoms with E-state index in [1.807, 2.05) is 4.90 Å². The van der Waals surface area contributed by atoms with E-state index in [4.69, 9.17) is 5.73 Å². The topological polar surface area (TPSA) is 46.3 Å². The van der Waals surface area contributed by atoms with Crippen LogP contribution in [0.4, 0.5) is 0 Å². The SMILES string of the molecule is C=C(CCN)C(=O)N1CCCC1c1cccc(C)c1. The van der Waals surface area contributed by atoms with E-state index in [0.29, 0.717) is 18.5 Å². The second-order valence-corrected chi connectivity index (χ2v) is 5.21. The van der Waals surface area contributed by atoms with Gasteiger partial charge in [0.1, 0.15) is 0 Å². The standard InChI is InChI=1S/C16H22N2O/c1-12-5-3-6-14(11-12)15-7-4-10-18(15)16(19)13(2)8-9-17/h3,5-6,11,15H,2,4,7-10,17H2,1H3. The molecule has 1 heterocycles. The molecule has 1 saturated heterocycles. The highest BCUT2D eigenvalue weighted by Crippen LogP contribution is 2.33. The Labute approximate surface area is 115 Å². The molecule has 1 unspecified atom stereocenters. The lowest BCUT2D eigenvalue weighted by Gasteiger charge is -2.26. The number of hydrogen-bond donors (Lipinski definition) is 1. The van der Waals surface area contributed by atoms with E-state index < -0.39 is 0 Å². The molecule has 1 amide bonds. The van der Waals surface area contributed by atoms with Gasteiger partial charge in [0, 0.05) is 12.1 Å². The minimum Gasteiger partial charge on any atom is -0.332 e. The molecule has 1 fully saturated rings. The Morgan fingerprint density at radius 1 is 1.53 bits per heavy atom. The van der Waals surface area contributed by atoms with E-state index in [2.05, 4.69) is 37.8 Å². The third kappa shape index (κ3) is 3.04. The Bertz CT molecular complexity index is 481. The quantitative estimate of drug-likeness (QED) is 0.844. The van der Waals surface area contributed by atoms with E-state index in [0.717, 1.165) is 19.4 Å². The van der Waals surface area contributed by atoms with Crippen LogP contribution in [0.3, 0.4) is 0 Å². The monoisotopic (exact) mass is 258 g/mol. The van der Waals surface area contributed by atoms with Gasteiger partial charge in [0.2, 0.25) is 5.91 Å². The average molecular weight is 258 g/mol. The molecule has 2 N–H and O–H groups in total. The van der Waals surface area contributed by atoms with E-state index in [1.165, 1.54) is 11.1 Å². The molecule has 0 saturated carbocycles. The van der Waals surface area contributed by atoms with Gasteiger partial charge in [-0.2, -0.15) is 0 Å². The van der Waals surface area contributed by atoms with E-state index in [-0.39, 0.29) is 11.9 Å². The zero-order valence-corrected chi connectivity index (χ0v) is 11.6. The molecule has 0 bridgehead atoms. The van der Waals surface area contributed by atoms with Crippen LogP contribution in [0.2, 0.25) is 0 Å². The summed E-state index contributed by atoms with van der Waals surface area (Å²) in [5, 5.41) is 0. The van der Waals surface area contributed by atoms with Crippen molar-refractivity contribution in [3.05, 3.63) is 47.5 Å². The molecule has 1 aromatic rings. The normalized spacial score (nSPS) is 18.6. The minimum atomic E-state index is 0.0643. The molecule has 1 atom stereocenters. The molecule has 1 aliphatic heterocycles. The predicted molar refractivity (Wildman–Crippen MR) is 77.7 cm³/mol. The molecular formula is C16H22N2O. The Hall–Kier alpha value is -1.61. The van der Waals surface area contributed by atoms with Gasteiger partial charge in [-0.3, -0.25) is 4.79 Å². The molecule has 3 nitrogen and oxygen atoms in total. The maximum atomic E-state index is 12.4. The second kappa shape index (κ2) is 6.02. The lowest BCUT2D eigenvalue weighted by atomic mass is 10.0. The first-order valence-electron chi connectivity index (χ1n) is 6.89. The highest BCUT2D eigenvalue weighted by Gasteiger charge is 2.30. The zero-order valence-electron chi connectivity index (χ0n) is 11.6. The largest absolute Gasteiger partial charge is 0.332 e. The lowest BCUT2D eigenvalue weighted by Crippen LogP contribution is -2.32. The van der Waals surface area contributed by atoms with Crippen LogP contribution in [0.1, 0.15) is 36.4 Å². The number of nitrogens with zero attached hydrogens (tertiary/aromatic N) is 1. The van der Waals surface area contributed by atoms with Crippen LogP contribution < -0.4 is 5.73 Å². The van der Waals surface area contributed by atoms with Gasteiger partial charge in [-0.25, -0.2) is 0 Å². The van der Waals surface area contributed by atoms with Crippen molar-refractivity contribution in [3.63, 3.8) is 0 Å².